The molecule has 0 bridgehead atoms. The Morgan fingerprint density at radius 2 is 2.08 bits per heavy atom. The summed E-state index contributed by atoms with van der Waals surface area (Å²) in [5, 5.41) is 6.22. The Balaban J connectivity index is 2.14. The van der Waals surface area contributed by atoms with Gasteiger partial charge in [0.1, 0.15) is 0 Å². The molecule has 1 rings (SSSR count). The summed E-state index contributed by atoms with van der Waals surface area (Å²) in [7, 11) is 0. The van der Waals surface area contributed by atoms with Gasteiger partial charge in [-0.15, -0.1) is 0 Å². The van der Waals surface area contributed by atoms with Crippen LogP contribution >= 0.6 is 0 Å². The van der Waals surface area contributed by atoms with Gasteiger partial charge in [0.05, 0.1) is 0 Å². The Morgan fingerprint density at radius 3 is 2.46 bits per heavy atom. The quantitative estimate of drug-likeness (QED) is 0.666. The molecule has 1 fully saturated rings. The third-order valence-corrected chi connectivity index (χ3v) is 2.69. The highest BCUT2D eigenvalue weighted by Gasteiger charge is 2.20. The minimum Gasteiger partial charge on any atom is -0.353 e. The molecule has 0 aromatic carbocycles. The fraction of sp³-hybridized carbons (Fsp3) is 0.900. The van der Waals surface area contributed by atoms with Gasteiger partial charge in [-0.1, -0.05) is 13.8 Å². The van der Waals surface area contributed by atoms with E-state index in [0.29, 0.717) is 18.4 Å². The normalized spacial score (nSPS) is 17.2. The SMILES string of the molecule is CCC(CC)NC(=O)CC1CNC1. The van der Waals surface area contributed by atoms with E-state index < -0.39 is 0 Å². The first-order valence-electron chi connectivity index (χ1n) is 5.26. The first kappa shape index (κ1) is 10.5. The lowest BCUT2D eigenvalue weighted by Crippen LogP contribution is -2.45. The fourth-order valence-corrected chi connectivity index (χ4v) is 1.53. The molecule has 0 radical (unpaired) electrons. The molecular formula is C10H20N2O. The van der Waals surface area contributed by atoms with Gasteiger partial charge >= 0.3 is 0 Å². The second kappa shape index (κ2) is 5.22. The van der Waals surface area contributed by atoms with Gasteiger partial charge in [0.15, 0.2) is 0 Å². The molecule has 2 N–H and O–H groups in total. The van der Waals surface area contributed by atoms with Crippen molar-refractivity contribution in [1.29, 1.82) is 0 Å². The lowest BCUT2D eigenvalue weighted by Gasteiger charge is -2.27. The smallest absolute Gasteiger partial charge is 0.220 e. The Bertz CT molecular complexity index is 162. The number of carbonyl (C=O) groups is 1. The summed E-state index contributed by atoms with van der Waals surface area (Å²) < 4.78 is 0. The summed E-state index contributed by atoms with van der Waals surface area (Å²) in [5.41, 5.74) is 0. The van der Waals surface area contributed by atoms with Gasteiger partial charge in [-0.05, 0) is 31.8 Å². The van der Waals surface area contributed by atoms with Crippen LogP contribution < -0.4 is 10.6 Å². The van der Waals surface area contributed by atoms with Crippen molar-refractivity contribution < 1.29 is 4.79 Å². The van der Waals surface area contributed by atoms with Crippen LogP contribution in [0.2, 0.25) is 0 Å². The summed E-state index contributed by atoms with van der Waals surface area (Å²) in [6, 6.07) is 0.375. The maximum absolute atomic E-state index is 11.4. The fourth-order valence-electron chi connectivity index (χ4n) is 1.53. The molecule has 0 saturated carbocycles. The highest BCUT2D eigenvalue weighted by atomic mass is 16.1. The highest BCUT2D eigenvalue weighted by molar-refractivity contribution is 5.76. The number of hydrogen-bond donors (Lipinski definition) is 2. The van der Waals surface area contributed by atoms with Crippen LogP contribution in [0.4, 0.5) is 0 Å². The van der Waals surface area contributed by atoms with E-state index in [-0.39, 0.29) is 5.91 Å². The van der Waals surface area contributed by atoms with Gasteiger partial charge in [0.2, 0.25) is 5.91 Å². The van der Waals surface area contributed by atoms with Gasteiger partial charge < -0.3 is 10.6 Å². The molecule has 1 saturated heterocycles. The van der Waals surface area contributed by atoms with E-state index in [2.05, 4.69) is 24.5 Å². The van der Waals surface area contributed by atoms with Crippen LogP contribution in [-0.4, -0.2) is 25.0 Å². The van der Waals surface area contributed by atoms with E-state index in [9.17, 15) is 4.79 Å². The zero-order chi connectivity index (χ0) is 9.68. The maximum Gasteiger partial charge on any atom is 0.220 e. The van der Waals surface area contributed by atoms with Crippen LogP contribution in [0, 0.1) is 5.92 Å². The molecule has 0 aromatic heterocycles. The zero-order valence-electron chi connectivity index (χ0n) is 8.60. The van der Waals surface area contributed by atoms with E-state index in [1.807, 2.05) is 0 Å². The molecule has 1 aliphatic heterocycles. The van der Waals surface area contributed by atoms with Crippen molar-refractivity contribution in [1.82, 2.24) is 10.6 Å². The number of nitrogens with one attached hydrogen (secondary N) is 2. The van der Waals surface area contributed by atoms with Crippen molar-refractivity contribution in [2.24, 2.45) is 5.92 Å². The van der Waals surface area contributed by atoms with Crippen LogP contribution in [0.15, 0.2) is 0 Å². The molecule has 0 aliphatic carbocycles. The lowest BCUT2D eigenvalue weighted by molar-refractivity contribution is -0.123. The summed E-state index contributed by atoms with van der Waals surface area (Å²) >= 11 is 0. The third kappa shape index (κ3) is 3.35. The first-order valence-corrected chi connectivity index (χ1v) is 5.26. The van der Waals surface area contributed by atoms with Crippen molar-refractivity contribution in [2.75, 3.05) is 13.1 Å². The minimum atomic E-state index is 0.222. The Labute approximate surface area is 80.3 Å². The topological polar surface area (TPSA) is 41.1 Å². The van der Waals surface area contributed by atoms with Gasteiger partial charge in [0, 0.05) is 12.5 Å². The minimum absolute atomic E-state index is 0.222. The molecule has 0 aromatic rings. The molecule has 0 spiro atoms. The Hall–Kier alpha value is -0.570. The molecule has 1 aliphatic rings. The average molecular weight is 184 g/mol. The van der Waals surface area contributed by atoms with Crippen LogP contribution in [0.3, 0.4) is 0 Å². The maximum atomic E-state index is 11.4. The van der Waals surface area contributed by atoms with E-state index >= 15 is 0 Å². The van der Waals surface area contributed by atoms with Crippen molar-refractivity contribution >= 4 is 5.91 Å². The first-order chi connectivity index (χ1) is 6.26. The summed E-state index contributed by atoms with van der Waals surface area (Å²) in [6.45, 7) is 6.24. The Kier molecular flexibility index (Phi) is 4.22. The Morgan fingerprint density at radius 1 is 1.46 bits per heavy atom. The summed E-state index contributed by atoms with van der Waals surface area (Å²) in [5.74, 6) is 0.801. The number of carbonyl (C=O) groups excluding carboxylic acids is 1. The molecule has 1 heterocycles. The van der Waals surface area contributed by atoms with E-state index in [0.717, 1.165) is 25.9 Å². The van der Waals surface area contributed by atoms with Gasteiger partial charge in [-0.3, -0.25) is 4.79 Å². The van der Waals surface area contributed by atoms with Gasteiger partial charge in [-0.2, -0.15) is 0 Å². The van der Waals surface area contributed by atoms with Crippen molar-refractivity contribution in [3.05, 3.63) is 0 Å². The second-order valence-corrected chi connectivity index (χ2v) is 3.81. The van der Waals surface area contributed by atoms with E-state index in [1.54, 1.807) is 0 Å². The van der Waals surface area contributed by atoms with E-state index in [4.69, 9.17) is 0 Å². The number of rotatable bonds is 5. The molecule has 0 unspecified atom stereocenters. The third-order valence-electron chi connectivity index (χ3n) is 2.69. The largest absolute Gasteiger partial charge is 0.353 e. The molecule has 0 atom stereocenters. The average Bonchev–Trinajstić information content (AvgIpc) is 2.07. The molecule has 1 amide bonds. The predicted octanol–water partition coefficient (Wildman–Crippen LogP) is 0.901. The van der Waals surface area contributed by atoms with Crippen molar-refractivity contribution in [3.8, 4) is 0 Å². The molecule has 76 valence electrons. The van der Waals surface area contributed by atoms with E-state index in [1.165, 1.54) is 0 Å². The van der Waals surface area contributed by atoms with Crippen molar-refractivity contribution in [2.45, 2.75) is 39.2 Å². The predicted molar refractivity (Wildman–Crippen MR) is 53.5 cm³/mol. The zero-order valence-corrected chi connectivity index (χ0v) is 8.60. The molecule has 3 nitrogen and oxygen atoms in total. The number of hydrogen-bond acceptors (Lipinski definition) is 2. The molecule has 13 heavy (non-hydrogen) atoms. The van der Waals surface area contributed by atoms with Crippen LogP contribution in [0.5, 0.6) is 0 Å². The second-order valence-electron chi connectivity index (χ2n) is 3.81. The highest BCUT2D eigenvalue weighted by Crippen LogP contribution is 2.08. The number of amides is 1. The summed E-state index contributed by atoms with van der Waals surface area (Å²) in [6.07, 6.45) is 2.76. The van der Waals surface area contributed by atoms with Crippen molar-refractivity contribution in [3.63, 3.8) is 0 Å². The monoisotopic (exact) mass is 184 g/mol. The molecule has 3 heteroatoms. The van der Waals surface area contributed by atoms with Crippen LogP contribution in [0.25, 0.3) is 0 Å². The van der Waals surface area contributed by atoms with Gasteiger partial charge in [-0.25, -0.2) is 0 Å². The summed E-state index contributed by atoms with van der Waals surface area (Å²) in [4.78, 5) is 11.4. The van der Waals surface area contributed by atoms with Crippen LogP contribution in [-0.2, 0) is 4.79 Å². The van der Waals surface area contributed by atoms with Gasteiger partial charge in [0.25, 0.3) is 0 Å². The standard InChI is InChI=1S/C10H20N2O/c1-3-9(4-2)12-10(13)5-8-6-11-7-8/h8-9,11H,3-7H2,1-2H3,(H,12,13). The lowest BCUT2D eigenvalue weighted by atomic mass is 9.98. The van der Waals surface area contributed by atoms with Crippen LogP contribution in [0.1, 0.15) is 33.1 Å². The molecular weight excluding hydrogens is 164 g/mol.